The predicted octanol–water partition coefficient (Wildman–Crippen LogP) is 1.93. The van der Waals surface area contributed by atoms with Crippen LogP contribution in [0.4, 0.5) is 5.82 Å². The second-order valence-corrected chi connectivity index (χ2v) is 9.00. The third kappa shape index (κ3) is 3.22. The van der Waals surface area contributed by atoms with Crippen molar-refractivity contribution in [1.29, 1.82) is 0 Å². The summed E-state index contributed by atoms with van der Waals surface area (Å²) >= 11 is 0. The molecule has 0 radical (unpaired) electrons. The first-order valence-electron chi connectivity index (χ1n) is 11.3. The number of hydrogen-bond acceptors (Lipinski definition) is 7. The number of pyridine rings is 1. The average molecular weight is 424 g/mol. The van der Waals surface area contributed by atoms with E-state index in [1.807, 2.05) is 16.9 Å². The summed E-state index contributed by atoms with van der Waals surface area (Å²) in [5, 5.41) is 13.5. The minimum Gasteiger partial charge on any atom is -0.381 e. The van der Waals surface area contributed by atoms with Crippen LogP contribution in [0, 0.1) is 5.92 Å². The number of anilines is 1. The maximum absolute atomic E-state index is 5.67. The second kappa shape index (κ2) is 7.58. The topological polar surface area (TPSA) is 84.3 Å². The van der Waals surface area contributed by atoms with Gasteiger partial charge >= 0.3 is 0 Å². The van der Waals surface area contributed by atoms with E-state index in [0.717, 1.165) is 75.5 Å². The maximum Gasteiger partial charge on any atom is 0.177 e. The van der Waals surface area contributed by atoms with Gasteiger partial charge in [-0.2, -0.15) is 14.9 Å². The molecule has 3 aromatic heterocycles. The Labute approximate surface area is 181 Å². The largest absolute Gasteiger partial charge is 0.381 e. The second-order valence-electron chi connectivity index (χ2n) is 9.00. The molecule has 6 heterocycles. The Morgan fingerprint density at radius 3 is 2.77 bits per heavy atom. The molecule has 31 heavy (non-hydrogen) atoms. The zero-order chi connectivity index (χ0) is 20.9. The van der Waals surface area contributed by atoms with Crippen molar-refractivity contribution in [3.05, 3.63) is 29.6 Å². The number of morpholine rings is 1. The number of H-pyrrole nitrogens is 1. The molecule has 3 aliphatic rings. The lowest BCUT2D eigenvalue weighted by Crippen LogP contribution is -2.44. The fraction of sp³-hybridized carbons (Fsp3) is 0.591. The molecular weight excluding hydrogens is 394 g/mol. The van der Waals surface area contributed by atoms with Gasteiger partial charge in [-0.1, -0.05) is 0 Å². The first-order valence-corrected chi connectivity index (χ1v) is 11.3. The summed E-state index contributed by atoms with van der Waals surface area (Å²) in [6, 6.07) is 4.82. The molecule has 0 aliphatic carbocycles. The van der Waals surface area contributed by atoms with Gasteiger partial charge in [0.15, 0.2) is 11.5 Å². The van der Waals surface area contributed by atoms with E-state index < -0.39 is 0 Å². The summed E-state index contributed by atoms with van der Waals surface area (Å²) in [4.78, 5) is 10.1. The number of nitrogens with zero attached hydrogens (tertiary/aromatic N) is 6. The lowest BCUT2D eigenvalue weighted by Gasteiger charge is -2.36. The molecule has 0 bridgehead atoms. The van der Waals surface area contributed by atoms with Crippen LogP contribution >= 0.6 is 0 Å². The van der Waals surface area contributed by atoms with Gasteiger partial charge in [0, 0.05) is 55.7 Å². The van der Waals surface area contributed by atoms with E-state index in [9.17, 15) is 0 Å². The number of hydrogen-bond donors (Lipinski definition) is 1. The highest BCUT2D eigenvalue weighted by atomic mass is 16.5. The van der Waals surface area contributed by atoms with Crippen LogP contribution in [0.2, 0.25) is 0 Å². The molecule has 2 saturated heterocycles. The average Bonchev–Trinajstić information content (AvgIpc) is 3.37. The van der Waals surface area contributed by atoms with Gasteiger partial charge in [-0.25, -0.2) is 4.98 Å². The molecule has 2 atom stereocenters. The SMILES string of the molecule is CC1c2cc(N3CCOC[C@H]3C)nc3c2c(nn3-c2cc[nH]n2)CCN1CC1COC1. The van der Waals surface area contributed by atoms with Crippen LogP contribution in [0.1, 0.15) is 31.1 Å². The zero-order valence-electron chi connectivity index (χ0n) is 18.1. The van der Waals surface area contributed by atoms with Gasteiger partial charge < -0.3 is 14.4 Å². The summed E-state index contributed by atoms with van der Waals surface area (Å²) in [6.45, 7) is 10.6. The minimum absolute atomic E-state index is 0.288. The van der Waals surface area contributed by atoms with Crippen LogP contribution in [0.5, 0.6) is 0 Å². The zero-order valence-corrected chi connectivity index (χ0v) is 18.1. The molecule has 1 unspecified atom stereocenters. The molecule has 3 aromatic rings. The molecule has 9 nitrogen and oxygen atoms in total. The Bertz CT molecular complexity index is 1080. The van der Waals surface area contributed by atoms with Gasteiger partial charge in [0.25, 0.3) is 0 Å². The Morgan fingerprint density at radius 2 is 2.03 bits per heavy atom. The van der Waals surface area contributed by atoms with E-state index >= 15 is 0 Å². The monoisotopic (exact) mass is 423 g/mol. The van der Waals surface area contributed by atoms with Crippen molar-refractivity contribution in [2.75, 3.05) is 51.0 Å². The first-order chi connectivity index (χ1) is 15.2. The highest BCUT2D eigenvalue weighted by Gasteiger charge is 2.32. The van der Waals surface area contributed by atoms with Crippen LogP contribution in [0.15, 0.2) is 18.3 Å². The fourth-order valence-electron chi connectivity index (χ4n) is 5.06. The van der Waals surface area contributed by atoms with Crippen molar-refractivity contribution in [1.82, 2.24) is 29.9 Å². The quantitative estimate of drug-likeness (QED) is 0.686. The van der Waals surface area contributed by atoms with Gasteiger partial charge in [0.05, 0.1) is 38.2 Å². The van der Waals surface area contributed by atoms with Gasteiger partial charge in [-0.3, -0.25) is 10.00 Å². The fourth-order valence-corrected chi connectivity index (χ4v) is 5.06. The first kappa shape index (κ1) is 19.2. The molecule has 0 spiro atoms. The summed E-state index contributed by atoms with van der Waals surface area (Å²) in [7, 11) is 0. The highest BCUT2D eigenvalue weighted by Crippen LogP contribution is 2.37. The van der Waals surface area contributed by atoms with E-state index in [1.54, 1.807) is 0 Å². The number of aromatic amines is 1. The number of rotatable bonds is 4. The number of nitrogens with one attached hydrogen (secondary N) is 1. The molecule has 9 heteroatoms. The lowest BCUT2D eigenvalue weighted by atomic mass is 10.0. The van der Waals surface area contributed by atoms with E-state index in [4.69, 9.17) is 19.6 Å². The molecule has 0 aromatic carbocycles. The Hall–Kier alpha value is -2.49. The van der Waals surface area contributed by atoms with Crippen molar-refractivity contribution >= 4 is 16.9 Å². The summed E-state index contributed by atoms with van der Waals surface area (Å²) < 4.78 is 13.0. The third-order valence-corrected chi connectivity index (χ3v) is 6.93. The number of aromatic nitrogens is 5. The van der Waals surface area contributed by atoms with Crippen molar-refractivity contribution < 1.29 is 9.47 Å². The van der Waals surface area contributed by atoms with Gasteiger partial charge in [-0.15, -0.1) is 0 Å². The van der Waals surface area contributed by atoms with Crippen LogP contribution < -0.4 is 4.90 Å². The molecule has 3 aliphatic heterocycles. The number of ether oxygens (including phenoxy) is 2. The molecular formula is C22H29N7O2. The van der Waals surface area contributed by atoms with E-state index in [2.05, 4.69) is 39.9 Å². The Balaban J connectivity index is 1.50. The maximum atomic E-state index is 5.67. The molecule has 0 saturated carbocycles. The van der Waals surface area contributed by atoms with Gasteiger partial charge in [0.2, 0.25) is 0 Å². The van der Waals surface area contributed by atoms with Gasteiger partial charge in [0.1, 0.15) is 5.82 Å². The predicted molar refractivity (Wildman–Crippen MR) is 117 cm³/mol. The van der Waals surface area contributed by atoms with E-state index in [0.29, 0.717) is 12.0 Å². The lowest BCUT2D eigenvalue weighted by molar-refractivity contribution is -0.0506. The molecule has 1 N–H and O–H groups in total. The summed E-state index contributed by atoms with van der Waals surface area (Å²) in [5.74, 6) is 2.41. The molecule has 164 valence electrons. The highest BCUT2D eigenvalue weighted by molar-refractivity contribution is 5.86. The van der Waals surface area contributed by atoms with Crippen LogP contribution in [0.3, 0.4) is 0 Å². The Morgan fingerprint density at radius 1 is 1.13 bits per heavy atom. The van der Waals surface area contributed by atoms with Crippen molar-refractivity contribution in [2.45, 2.75) is 32.4 Å². The normalized spacial score (nSPS) is 25.0. The van der Waals surface area contributed by atoms with Crippen LogP contribution in [-0.4, -0.2) is 82.0 Å². The van der Waals surface area contributed by atoms with Crippen LogP contribution in [0.25, 0.3) is 16.9 Å². The third-order valence-electron chi connectivity index (χ3n) is 6.93. The molecule has 2 fully saturated rings. The van der Waals surface area contributed by atoms with E-state index in [-0.39, 0.29) is 6.04 Å². The summed E-state index contributed by atoms with van der Waals surface area (Å²) in [6.07, 6.45) is 2.74. The van der Waals surface area contributed by atoms with Crippen molar-refractivity contribution in [3.8, 4) is 5.82 Å². The van der Waals surface area contributed by atoms with Crippen molar-refractivity contribution in [3.63, 3.8) is 0 Å². The molecule has 6 rings (SSSR count). The smallest absolute Gasteiger partial charge is 0.177 e. The molecule has 0 amide bonds. The van der Waals surface area contributed by atoms with Crippen LogP contribution in [-0.2, 0) is 15.9 Å². The van der Waals surface area contributed by atoms with Crippen molar-refractivity contribution in [2.24, 2.45) is 5.92 Å². The Kier molecular flexibility index (Phi) is 4.70. The van der Waals surface area contributed by atoms with Gasteiger partial charge in [-0.05, 0) is 25.5 Å². The standard InChI is InChI=1S/C22H29N7O2/c1-14-11-30-8-7-28(14)20-9-17-15(2)27(10-16-12-31-13-16)6-4-18-21(17)22(24-20)29(26-18)19-3-5-23-25-19/h3,5,9,14-16H,4,6-8,10-13H2,1-2H3,(H,23,25)/t14-,15?/m1/s1. The minimum atomic E-state index is 0.288. The van der Waals surface area contributed by atoms with E-state index in [1.165, 1.54) is 10.9 Å². The summed E-state index contributed by atoms with van der Waals surface area (Å²) in [5.41, 5.74) is 3.32.